The SMILES string of the molecule is O=C(NCc1cscn1)c1cn(C2CCNCC2)nn1. The number of carbonyl (C=O) groups excluding carboxylic acids is 1. The summed E-state index contributed by atoms with van der Waals surface area (Å²) >= 11 is 1.51. The molecule has 1 saturated heterocycles. The number of amides is 1. The molecule has 20 heavy (non-hydrogen) atoms. The van der Waals surface area contributed by atoms with Crippen LogP contribution in [0.15, 0.2) is 17.1 Å². The number of piperidine rings is 1. The lowest BCUT2D eigenvalue weighted by atomic mass is 10.1. The summed E-state index contributed by atoms with van der Waals surface area (Å²) in [5.74, 6) is -0.210. The maximum atomic E-state index is 12.0. The molecule has 1 amide bonds. The van der Waals surface area contributed by atoms with Gasteiger partial charge in [0.2, 0.25) is 0 Å². The first-order valence-corrected chi connectivity index (χ1v) is 7.55. The zero-order valence-corrected chi connectivity index (χ0v) is 11.8. The van der Waals surface area contributed by atoms with E-state index in [1.165, 1.54) is 11.3 Å². The molecule has 8 heteroatoms. The Labute approximate surface area is 120 Å². The standard InChI is InChI=1S/C12H16N6OS/c19-12(14-5-9-7-20-8-15-9)11-6-18(17-16-11)10-1-3-13-4-2-10/h6-8,10,13H,1-5H2,(H,14,19). The third-order valence-electron chi connectivity index (χ3n) is 3.34. The first-order valence-electron chi connectivity index (χ1n) is 6.61. The van der Waals surface area contributed by atoms with E-state index in [1.54, 1.807) is 16.4 Å². The Kier molecular flexibility index (Phi) is 4.03. The Balaban J connectivity index is 1.59. The first kappa shape index (κ1) is 13.2. The van der Waals surface area contributed by atoms with Gasteiger partial charge in [-0.2, -0.15) is 0 Å². The van der Waals surface area contributed by atoms with Crippen molar-refractivity contribution in [2.75, 3.05) is 13.1 Å². The lowest BCUT2D eigenvalue weighted by molar-refractivity contribution is 0.0945. The minimum Gasteiger partial charge on any atom is -0.345 e. The van der Waals surface area contributed by atoms with Crippen LogP contribution in [0, 0.1) is 0 Å². The molecule has 2 N–H and O–H groups in total. The molecule has 7 nitrogen and oxygen atoms in total. The van der Waals surface area contributed by atoms with Crippen molar-refractivity contribution in [2.24, 2.45) is 0 Å². The molecule has 2 aromatic heterocycles. The smallest absolute Gasteiger partial charge is 0.273 e. The largest absolute Gasteiger partial charge is 0.345 e. The zero-order valence-electron chi connectivity index (χ0n) is 11.0. The molecule has 0 atom stereocenters. The van der Waals surface area contributed by atoms with Crippen LogP contribution in [-0.2, 0) is 6.54 Å². The van der Waals surface area contributed by atoms with Gasteiger partial charge < -0.3 is 10.6 Å². The Morgan fingerprint density at radius 2 is 2.35 bits per heavy atom. The van der Waals surface area contributed by atoms with Crippen LogP contribution in [0.1, 0.15) is 35.1 Å². The molecule has 0 unspecified atom stereocenters. The van der Waals surface area contributed by atoms with Crippen LogP contribution in [0.5, 0.6) is 0 Å². The Morgan fingerprint density at radius 3 is 3.10 bits per heavy atom. The van der Waals surface area contributed by atoms with Gasteiger partial charge in [-0.15, -0.1) is 16.4 Å². The van der Waals surface area contributed by atoms with Crippen LogP contribution in [0.2, 0.25) is 0 Å². The number of hydrogen-bond donors (Lipinski definition) is 2. The minimum absolute atomic E-state index is 0.210. The van der Waals surface area contributed by atoms with E-state index in [0.29, 0.717) is 18.3 Å². The number of nitrogens with zero attached hydrogens (tertiary/aromatic N) is 4. The number of rotatable bonds is 4. The van der Waals surface area contributed by atoms with Crippen molar-refractivity contribution in [3.8, 4) is 0 Å². The maximum Gasteiger partial charge on any atom is 0.273 e. The van der Waals surface area contributed by atoms with Gasteiger partial charge in [0.1, 0.15) is 0 Å². The highest BCUT2D eigenvalue weighted by atomic mass is 32.1. The molecule has 0 spiro atoms. The first-order chi connectivity index (χ1) is 9.83. The van der Waals surface area contributed by atoms with E-state index in [1.807, 2.05) is 5.38 Å². The summed E-state index contributed by atoms with van der Waals surface area (Å²) in [5.41, 5.74) is 2.96. The van der Waals surface area contributed by atoms with E-state index >= 15 is 0 Å². The highest BCUT2D eigenvalue weighted by molar-refractivity contribution is 7.07. The van der Waals surface area contributed by atoms with Gasteiger partial charge in [0, 0.05) is 5.38 Å². The molecule has 0 radical (unpaired) electrons. The second kappa shape index (κ2) is 6.10. The van der Waals surface area contributed by atoms with Gasteiger partial charge in [-0.05, 0) is 25.9 Å². The normalized spacial score (nSPS) is 16.2. The topological polar surface area (TPSA) is 84.7 Å². The van der Waals surface area contributed by atoms with Crippen molar-refractivity contribution < 1.29 is 4.79 Å². The van der Waals surface area contributed by atoms with Gasteiger partial charge in [-0.1, -0.05) is 5.21 Å². The monoisotopic (exact) mass is 292 g/mol. The zero-order chi connectivity index (χ0) is 13.8. The minimum atomic E-state index is -0.210. The molecular formula is C12H16N6OS. The Morgan fingerprint density at radius 1 is 1.50 bits per heavy atom. The highest BCUT2D eigenvalue weighted by Crippen LogP contribution is 2.16. The van der Waals surface area contributed by atoms with Gasteiger partial charge in [-0.3, -0.25) is 4.79 Å². The number of hydrogen-bond acceptors (Lipinski definition) is 6. The molecule has 2 aromatic rings. The van der Waals surface area contributed by atoms with Crippen LogP contribution in [0.4, 0.5) is 0 Å². The molecule has 106 valence electrons. The lowest BCUT2D eigenvalue weighted by Gasteiger charge is -2.22. The van der Waals surface area contributed by atoms with Crippen LogP contribution < -0.4 is 10.6 Å². The summed E-state index contributed by atoms with van der Waals surface area (Å²) in [6.07, 6.45) is 3.76. The van der Waals surface area contributed by atoms with Gasteiger partial charge in [0.15, 0.2) is 5.69 Å². The maximum absolute atomic E-state index is 12.0. The predicted octanol–water partition coefficient (Wildman–Crippen LogP) is 0.589. The Hall–Kier alpha value is -1.80. The summed E-state index contributed by atoms with van der Waals surface area (Å²) in [4.78, 5) is 16.1. The molecule has 0 saturated carbocycles. The highest BCUT2D eigenvalue weighted by Gasteiger charge is 2.18. The van der Waals surface area contributed by atoms with Gasteiger partial charge >= 0.3 is 0 Å². The average molecular weight is 292 g/mol. The summed E-state index contributed by atoms with van der Waals surface area (Å²) < 4.78 is 1.80. The molecule has 3 rings (SSSR count). The van der Waals surface area contributed by atoms with Crippen molar-refractivity contribution in [3.05, 3.63) is 28.5 Å². The van der Waals surface area contributed by atoms with Crippen LogP contribution in [0.3, 0.4) is 0 Å². The summed E-state index contributed by atoms with van der Waals surface area (Å²) in [5, 5.41) is 16.0. The van der Waals surface area contributed by atoms with E-state index in [9.17, 15) is 4.79 Å². The summed E-state index contributed by atoms with van der Waals surface area (Å²) in [6, 6.07) is 0.337. The molecular weight excluding hydrogens is 276 g/mol. The predicted molar refractivity (Wildman–Crippen MR) is 74.4 cm³/mol. The third kappa shape index (κ3) is 3.02. The van der Waals surface area contributed by atoms with Crippen molar-refractivity contribution >= 4 is 17.2 Å². The number of carbonyl (C=O) groups is 1. The van der Waals surface area contributed by atoms with E-state index in [2.05, 4.69) is 25.9 Å². The van der Waals surface area contributed by atoms with Crippen molar-refractivity contribution in [1.29, 1.82) is 0 Å². The molecule has 3 heterocycles. The second-order valence-electron chi connectivity index (χ2n) is 4.73. The third-order valence-corrected chi connectivity index (χ3v) is 3.97. The number of thiazole rings is 1. The molecule has 0 aromatic carbocycles. The molecule has 0 bridgehead atoms. The van der Waals surface area contributed by atoms with Gasteiger partial charge in [-0.25, -0.2) is 9.67 Å². The molecule has 0 aliphatic carbocycles. The fraction of sp³-hybridized carbons (Fsp3) is 0.500. The molecule has 1 aliphatic heterocycles. The number of aromatic nitrogens is 4. The van der Waals surface area contributed by atoms with Crippen molar-refractivity contribution in [3.63, 3.8) is 0 Å². The van der Waals surface area contributed by atoms with E-state index in [0.717, 1.165) is 31.6 Å². The van der Waals surface area contributed by atoms with Gasteiger partial charge in [0.25, 0.3) is 5.91 Å². The second-order valence-corrected chi connectivity index (χ2v) is 5.45. The van der Waals surface area contributed by atoms with Gasteiger partial charge in [0.05, 0.1) is 30.0 Å². The van der Waals surface area contributed by atoms with E-state index < -0.39 is 0 Å². The summed E-state index contributed by atoms with van der Waals surface area (Å²) in [7, 11) is 0. The van der Waals surface area contributed by atoms with Crippen LogP contribution >= 0.6 is 11.3 Å². The molecule has 1 aliphatic rings. The van der Waals surface area contributed by atoms with Crippen LogP contribution in [0.25, 0.3) is 0 Å². The Bertz CT molecular complexity index is 560. The van der Waals surface area contributed by atoms with Crippen molar-refractivity contribution in [2.45, 2.75) is 25.4 Å². The quantitative estimate of drug-likeness (QED) is 0.861. The fourth-order valence-electron chi connectivity index (χ4n) is 2.22. The van der Waals surface area contributed by atoms with E-state index in [4.69, 9.17) is 0 Å². The number of nitrogens with one attached hydrogen (secondary N) is 2. The average Bonchev–Trinajstić information content (AvgIpc) is 3.17. The van der Waals surface area contributed by atoms with Crippen LogP contribution in [-0.4, -0.2) is 39.0 Å². The lowest BCUT2D eigenvalue weighted by Crippen LogP contribution is -2.29. The summed E-state index contributed by atoms with van der Waals surface area (Å²) in [6.45, 7) is 2.38. The molecule has 1 fully saturated rings. The van der Waals surface area contributed by atoms with Crippen molar-refractivity contribution in [1.82, 2.24) is 30.6 Å². The fourth-order valence-corrected chi connectivity index (χ4v) is 2.78. The van der Waals surface area contributed by atoms with E-state index in [-0.39, 0.29) is 5.91 Å².